The Balaban J connectivity index is 2.02. The summed E-state index contributed by atoms with van der Waals surface area (Å²) in [6, 6.07) is 4.81. The third-order valence-electron chi connectivity index (χ3n) is 3.39. The van der Waals surface area contributed by atoms with Crippen molar-refractivity contribution < 1.29 is 22.7 Å². The van der Waals surface area contributed by atoms with Crippen LogP contribution in [0.15, 0.2) is 18.2 Å². The summed E-state index contributed by atoms with van der Waals surface area (Å²) in [7, 11) is -0.622. The molecule has 0 aliphatic rings. The third kappa shape index (κ3) is 9.81. The molecule has 132 valence electrons. The van der Waals surface area contributed by atoms with Gasteiger partial charge in [-0.1, -0.05) is 19.3 Å². The highest BCUT2D eigenvalue weighted by Gasteiger charge is 2.07. The molecule has 6 heteroatoms. The first-order chi connectivity index (χ1) is 11.2. The van der Waals surface area contributed by atoms with E-state index in [2.05, 4.69) is 0 Å². The summed E-state index contributed by atoms with van der Waals surface area (Å²) in [6.07, 6.45) is 4.97. The van der Waals surface area contributed by atoms with E-state index >= 15 is 0 Å². The summed E-state index contributed by atoms with van der Waals surface area (Å²) in [4.78, 5) is 0. The summed E-state index contributed by atoms with van der Waals surface area (Å²) >= 11 is 0. The van der Waals surface area contributed by atoms with Crippen molar-refractivity contribution >= 4 is 9.76 Å². The molecule has 0 aliphatic carbocycles. The van der Waals surface area contributed by atoms with Gasteiger partial charge in [-0.05, 0) is 50.4 Å². The van der Waals surface area contributed by atoms with E-state index in [4.69, 9.17) is 13.9 Å². The van der Waals surface area contributed by atoms with Crippen LogP contribution >= 0.6 is 0 Å². The molecule has 0 spiro atoms. The van der Waals surface area contributed by atoms with Crippen LogP contribution in [0, 0.1) is 11.6 Å². The molecule has 0 heterocycles. The number of ether oxygens (including phenoxy) is 2. The van der Waals surface area contributed by atoms with Gasteiger partial charge in [-0.15, -0.1) is 0 Å². The molecule has 0 aromatic heterocycles. The summed E-state index contributed by atoms with van der Waals surface area (Å²) in [5, 5.41) is 0. The first-order valence-corrected chi connectivity index (χ1v) is 10.0. The van der Waals surface area contributed by atoms with Crippen molar-refractivity contribution in [1.29, 1.82) is 0 Å². The smallest absolute Gasteiger partial charge is 0.261 e. The highest BCUT2D eigenvalue weighted by Crippen LogP contribution is 2.13. The minimum Gasteiger partial charge on any atom is -0.379 e. The van der Waals surface area contributed by atoms with Crippen LogP contribution < -0.4 is 0 Å². The van der Waals surface area contributed by atoms with Crippen molar-refractivity contribution in [3.05, 3.63) is 35.4 Å². The summed E-state index contributed by atoms with van der Waals surface area (Å²) < 4.78 is 42.4. The van der Waals surface area contributed by atoms with E-state index in [0.717, 1.165) is 49.8 Å². The van der Waals surface area contributed by atoms with E-state index in [0.29, 0.717) is 13.2 Å². The topological polar surface area (TPSA) is 27.7 Å². The van der Waals surface area contributed by atoms with Crippen molar-refractivity contribution in [1.82, 2.24) is 0 Å². The van der Waals surface area contributed by atoms with Crippen LogP contribution in [0.25, 0.3) is 0 Å². The van der Waals surface area contributed by atoms with Gasteiger partial charge in [-0.3, -0.25) is 0 Å². The van der Waals surface area contributed by atoms with Crippen LogP contribution in [-0.4, -0.2) is 29.5 Å². The number of halogens is 2. The number of benzene rings is 1. The van der Waals surface area contributed by atoms with Crippen molar-refractivity contribution in [3.8, 4) is 0 Å². The Labute approximate surface area is 140 Å². The first kappa shape index (κ1) is 20.2. The van der Waals surface area contributed by atoms with Crippen molar-refractivity contribution in [2.75, 3.05) is 13.2 Å². The van der Waals surface area contributed by atoms with E-state index in [1.54, 1.807) is 0 Å². The van der Waals surface area contributed by atoms with Crippen molar-refractivity contribution in [3.63, 3.8) is 0 Å². The molecular weight excluding hydrogens is 318 g/mol. The molecule has 0 atom stereocenters. The van der Waals surface area contributed by atoms with E-state index in [1.165, 1.54) is 12.1 Å². The lowest BCUT2D eigenvalue weighted by atomic mass is 10.1. The molecule has 0 aliphatic heterocycles. The molecular formula is C17H28F2O3Si. The molecule has 0 amide bonds. The van der Waals surface area contributed by atoms with Crippen LogP contribution in [-0.2, 0) is 20.3 Å². The largest absolute Gasteiger partial charge is 0.379 e. The number of unbranched alkanes of at least 4 members (excludes halogenated alkanes) is 3. The monoisotopic (exact) mass is 346 g/mol. The average molecular weight is 346 g/mol. The Morgan fingerprint density at radius 3 is 2.13 bits per heavy atom. The zero-order valence-corrected chi connectivity index (χ0v) is 15.6. The van der Waals surface area contributed by atoms with Gasteiger partial charge < -0.3 is 13.9 Å². The van der Waals surface area contributed by atoms with Gasteiger partial charge in [-0.25, -0.2) is 8.78 Å². The SMILES string of the molecule is CCOC(OCC)O[SiH2]CCCCCCc1cc(F)cc(F)c1. The van der Waals surface area contributed by atoms with Gasteiger partial charge in [0, 0.05) is 19.3 Å². The molecule has 0 saturated carbocycles. The zero-order chi connectivity index (χ0) is 16.9. The Morgan fingerprint density at radius 2 is 1.52 bits per heavy atom. The summed E-state index contributed by atoms with van der Waals surface area (Å²) in [6.45, 7) is 4.50. The molecule has 0 unspecified atom stereocenters. The minimum atomic E-state index is -0.622. The van der Waals surface area contributed by atoms with Crippen LogP contribution in [0.5, 0.6) is 0 Å². The van der Waals surface area contributed by atoms with Crippen LogP contribution in [0.2, 0.25) is 6.04 Å². The molecule has 0 saturated heterocycles. The zero-order valence-electron chi connectivity index (χ0n) is 14.2. The second kappa shape index (κ2) is 12.6. The van der Waals surface area contributed by atoms with Crippen molar-refractivity contribution in [2.24, 2.45) is 0 Å². The number of aryl methyl sites for hydroxylation is 1. The van der Waals surface area contributed by atoms with Gasteiger partial charge in [0.05, 0.1) is 0 Å². The van der Waals surface area contributed by atoms with E-state index in [-0.39, 0.29) is 0 Å². The maximum Gasteiger partial charge on any atom is 0.261 e. The van der Waals surface area contributed by atoms with Crippen molar-refractivity contribution in [2.45, 2.75) is 58.5 Å². The Morgan fingerprint density at radius 1 is 0.913 bits per heavy atom. The fraction of sp³-hybridized carbons (Fsp3) is 0.647. The molecule has 23 heavy (non-hydrogen) atoms. The highest BCUT2D eigenvalue weighted by atomic mass is 28.2. The van der Waals surface area contributed by atoms with E-state index < -0.39 is 27.9 Å². The maximum atomic E-state index is 13.0. The van der Waals surface area contributed by atoms with Gasteiger partial charge in [0.25, 0.3) is 6.48 Å². The lowest BCUT2D eigenvalue weighted by Gasteiger charge is -2.17. The molecule has 0 N–H and O–H groups in total. The minimum absolute atomic E-state index is 0.499. The van der Waals surface area contributed by atoms with Crippen LogP contribution in [0.3, 0.4) is 0 Å². The number of rotatable bonds is 13. The molecule has 0 fully saturated rings. The lowest BCUT2D eigenvalue weighted by Crippen LogP contribution is -2.22. The quantitative estimate of drug-likeness (QED) is 0.308. The van der Waals surface area contributed by atoms with Crippen LogP contribution in [0.4, 0.5) is 8.78 Å². The Hall–Kier alpha value is -0.823. The highest BCUT2D eigenvalue weighted by molar-refractivity contribution is 6.27. The van der Waals surface area contributed by atoms with Gasteiger partial charge in [-0.2, -0.15) is 0 Å². The van der Waals surface area contributed by atoms with E-state index in [1.807, 2.05) is 13.8 Å². The Kier molecular flexibility index (Phi) is 11.1. The average Bonchev–Trinajstić information content (AvgIpc) is 2.49. The normalized spacial score (nSPS) is 11.9. The van der Waals surface area contributed by atoms with Gasteiger partial charge >= 0.3 is 0 Å². The lowest BCUT2D eigenvalue weighted by molar-refractivity contribution is -0.243. The third-order valence-corrected chi connectivity index (χ3v) is 4.69. The fourth-order valence-corrected chi connectivity index (χ4v) is 3.42. The van der Waals surface area contributed by atoms with Gasteiger partial charge in [0.2, 0.25) is 0 Å². The molecule has 0 radical (unpaired) electrons. The Bertz CT molecular complexity index is 406. The molecule has 1 rings (SSSR count). The van der Waals surface area contributed by atoms with E-state index in [9.17, 15) is 8.78 Å². The predicted octanol–water partition coefficient (Wildman–Crippen LogP) is 3.94. The summed E-state index contributed by atoms with van der Waals surface area (Å²) in [5.74, 6) is -0.998. The molecule has 3 nitrogen and oxygen atoms in total. The van der Waals surface area contributed by atoms with Crippen LogP contribution in [0.1, 0.15) is 45.1 Å². The fourth-order valence-electron chi connectivity index (χ4n) is 2.31. The maximum absolute atomic E-state index is 13.0. The molecule has 1 aromatic rings. The predicted molar refractivity (Wildman–Crippen MR) is 90.0 cm³/mol. The molecule has 1 aromatic carbocycles. The number of hydrogen-bond donors (Lipinski definition) is 0. The standard InChI is InChI=1S/C17H28F2O3Si/c1-3-20-17(21-4-2)22-23-10-8-6-5-7-9-14-11-15(18)13-16(19)12-14/h11-13,17H,3-10,23H2,1-2H3. The first-order valence-electron chi connectivity index (χ1n) is 8.45. The second-order valence-electron chi connectivity index (χ2n) is 5.37. The molecule has 0 bridgehead atoms. The van der Waals surface area contributed by atoms with Gasteiger partial charge in [0.15, 0.2) is 9.76 Å². The summed E-state index contributed by atoms with van der Waals surface area (Å²) in [5.41, 5.74) is 0.733. The number of hydrogen-bond acceptors (Lipinski definition) is 3. The second-order valence-corrected chi connectivity index (χ2v) is 6.81. The van der Waals surface area contributed by atoms with Gasteiger partial charge in [0.1, 0.15) is 11.6 Å².